The van der Waals surface area contributed by atoms with E-state index in [1.807, 2.05) is 18.8 Å². The van der Waals surface area contributed by atoms with Gasteiger partial charge in [-0.3, -0.25) is 9.78 Å². The number of hydrogen-bond donors (Lipinski definition) is 1. The van der Waals surface area contributed by atoms with Crippen molar-refractivity contribution < 1.29 is 0 Å². The summed E-state index contributed by atoms with van der Waals surface area (Å²) in [4.78, 5) is 17.2. The summed E-state index contributed by atoms with van der Waals surface area (Å²) in [7, 11) is 1.89. The van der Waals surface area contributed by atoms with Crippen LogP contribution < -0.4 is 4.90 Å². The third-order valence-electron chi connectivity index (χ3n) is 4.22. The van der Waals surface area contributed by atoms with Crippen LogP contribution in [0.2, 0.25) is 0 Å². The van der Waals surface area contributed by atoms with Gasteiger partial charge in [0, 0.05) is 36.7 Å². The van der Waals surface area contributed by atoms with E-state index >= 15 is 0 Å². The van der Waals surface area contributed by atoms with Gasteiger partial charge in [-0.15, -0.1) is 11.3 Å². The highest BCUT2D eigenvalue weighted by molar-refractivity contribution is 7.09. The monoisotopic (exact) mass is 338 g/mol. The van der Waals surface area contributed by atoms with Crippen molar-refractivity contribution in [3.8, 4) is 11.3 Å². The van der Waals surface area contributed by atoms with Crippen molar-refractivity contribution in [1.29, 1.82) is 0 Å². The molecule has 0 radical (unpaired) electrons. The first-order valence-corrected chi connectivity index (χ1v) is 8.52. The summed E-state index contributed by atoms with van der Waals surface area (Å²) in [5.41, 5.74) is 6.42. The molecule has 1 N–H and O–H groups in total. The summed E-state index contributed by atoms with van der Waals surface area (Å²) < 4.78 is 1.76. The molecule has 8 nitrogen and oxygen atoms in total. The van der Waals surface area contributed by atoms with Crippen LogP contribution >= 0.6 is 11.3 Å². The van der Waals surface area contributed by atoms with E-state index in [-0.39, 0.29) is 0 Å². The minimum atomic E-state index is 0.715. The van der Waals surface area contributed by atoms with Crippen molar-refractivity contribution in [3.05, 3.63) is 34.7 Å². The predicted octanol–water partition coefficient (Wildman–Crippen LogP) is 1.77. The molecule has 1 aliphatic heterocycles. The van der Waals surface area contributed by atoms with Gasteiger partial charge in [-0.1, -0.05) is 0 Å². The quantitative estimate of drug-likeness (QED) is 0.599. The van der Waals surface area contributed by atoms with E-state index < -0.39 is 0 Å². The highest BCUT2D eigenvalue weighted by Gasteiger charge is 2.22. The molecule has 0 bridgehead atoms. The number of nitrogens with one attached hydrogen (secondary N) is 1. The zero-order valence-corrected chi connectivity index (χ0v) is 13.8. The molecule has 0 spiro atoms. The maximum absolute atomic E-state index is 4.76. The largest absolute Gasteiger partial charge is 0.334 e. The first kappa shape index (κ1) is 13.6. The minimum Gasteiger partial charge on any atom is -0.334 e. The number of aromatic amines is 1. The summed E-state index contributed by atoms with van der Waals surface area (Å²) in [6.07, 6.45) is 6.50. The molecule has 4 aromatic rings. The molecule has 0 amide bonds. The molecule has 9 heteroatoms. The number of rotatable bonds is 2. The van der Waals surface area contributed by atoms with Crippen molar-refractivity contribution >= 4 is 28.3 Å². The summed E-state index contributed by atoms with van der Waals surface area (Å²) in [5, 5.41) is 11.6. The predicted molar refractivity (Wildman–Crippen MR) is 90.8 cm³/mol. The summed E-state index contributed by atoms with van der Waals surface area (Å²) in [6, 6.07) is 0. The lowest BCUT2D eigenvalue weighted by molar-refractivity contribution is 0.705. The van der Waals surface area contributed by atoms with Gasteiger partial charge in [0.25, 0.3) is 0 Å². The smallest absolute Gasteiger partial charge is 0.226 e. The lowest BCUT2D eigenvalue weighted by Gasteiger charge is -2.25. The van der Waals surface area contributed by atoms with Crippen molar-refractivity contribution in [2.24, 2.45) is 7.05 Å². The van der Waals surface area contributed by atoms with Gasteiger partial charge in [-0.05, 0) is 0 Å². The fourth-order valence-corrected chi connectivity index (χ4v) is 3.76. The number of H-pyrrole nitrogens is 1. The third kappa shape index (κ3) is 2.08. The lowest BCUT2D eigenvalue weighted by atomic mass is 10.2. The minimum absolute atomic E-state index is 0.715. The zero-order valence-electron chi connectivity index (χ0n) is 13.0. The van der Waals surface area contributed by atoms with Gasteiger partial charge in [-0.25, -0.2) is 15.0 Å². The Bertz CT molecular complexity index is 1030. The molecule has 0 aromatic carbocycles. The Morgan fingerprint density at radius 2 is 2.21 bits per heavy atom. The second-order valence-electron chi connectivity index (χ2n) is 5.80. The number of aryl methyl sites for hydroxylation is 1. The van der Waals surface area contributed by atoms with E-state index in [9.17, 15) is 0 Å². The van der Waals surface area contributed by atoms with Gasteiger partial charge in [0.15, 0.2) is 0 Å². The van der Waals surface area contributed by atoms with Crippen LogP contribution in [0.5, 0.6) is 0 Å². The Morgan fingerprint density at radius 1 is 1.25 bits per heavy atom. The van der Waals surface area contributed by atoms with Crippen LogP contribution in [-0.2, 0) is 20.0 Å². The number of hydrogen-bond acceptors (Lipinski definition) is 7. The maximum atomic E-state index is 4.76. The number of aromatic nitrogens is 7. The first-order chi connectivity index (χ1) is 11.8. The lowest BCUT2D eigenvalue weighted by Crippen LogP contribution is -2.31. The van der Waals surface area contributed by atoms with Gasteiger partial charge in [0.2, 0.25) is 5.95 Å². The molecular formula is C15H14N8S. The normalized spacial score (nSPS) is 14.3. The van der Waals surface area contributed by atoms with Crippen LogP contribution in [0.1, 0.15) is 10.6 Å². The van der Waals surface area contributed by atoms with Gasteiger partial charge < -0.3 is 4.90 Å². The van der Waals surface area contributed by atoms with Crippen LogP contribution in [0.4, 0.5) is 5.95 Å². The summed E-state index contributed by atoms with van der Waals surface area (Å²) >= 11 is 1.73. The molecule has 0 atom stereocenters. The molecule has 0 saturated carbocycles. The molecule has 0 saturated heterocycles. The summed E-state index contributed by atoms with van der Waals surface area (Å²) in [6.45, 7) is 1.66. The molecule has 0 fully saturated rings. The van der Waals surface area contributed by atoms with Crippen LogP contribution in [0.15, 0.2) is 24.1 Å². The van der Waals surface area contributed by atoms with E-state index in [2.05, 4.69) is 30.2 Å². The molecule has 0 unspecified atom stereocenters. The van der Waals surface area contributed by atoms with Crippen molar-refractivity contribution in [1.82, 2.24) is 34.9 Å². The van der Waals surface area contributed by atoms with Crippen LogP contribution in [-0.4, -0.2) is 41.5 Å². The molecule has 4 aromatic heterocycles. The van der Waals surface area contributed by atoms with Gasteiger partial charge in [0.1, 0.15) is 16.7 Å². The molecule has 1 aliphatic rings. The van der Waals surface area contributed by atoms with Crippen molar-refractivity contribution in [3.63, 3.8) is 0 Å². The van der Waals surface area contributed by atoms with E-state index in [1.165, 1.54) is 4.88 Å². The molecular weight excluding hydrogens is 324 g/mol. The first-order valence-electron chi connectivity index (χ1n) is 7.64. The van der Waals surface area contributed by atoms with Crippen molar-refractivity contribution in [2.45, 2.75) is 13.0 Å². The standard InChI is InChI=1S/C15H14N8S/c1-22-6-9(4-18-22)13-14-10(20-21-13)5-16-15(19-14)23-3-2-12-11(7-23)17-8-24-12/h4-6,8H,2-3,7H2,1H3,(H,20,21). The number of fused-ring (bicyclic) bond motifs is 2. The van der Waals surface area contributed by atoms with E-state index in [0.29, 0.717) is 5.95 Å². The van der Waals surface area contributed by atoms with E-state index in [1.54, 1.807) is 28.4 Å². The Balaban J connectivity index is 1.56. The fourth-order valence-electron chi connectivity index (χ4n) is 2.99. The second kappa shape index (κ2) is 5.10. The number of anilines is 1. The maximum Gasteiger partial charge on any atom is 0.226 e. The zero-order chi connectivity index (χ0) is 16.1. The SMILES string of the molecule is Cn1cc(-c2n[nH]c3cnc(N4CCc5scnc5C4)nc23)cn1. The molecule has 5 heterocycles. The van der Waals surface area contributed by atoms with Crippen LogP contribution in [0.25, 0.3) is 22.3 Å². The highest BCUT2D eigenvalue weighted by Crippen LogP contribution is 2.28. The summed E-state index contributed by atoms with van der Waals surface area (Å²) in [5.74, 6) is 0.715. The molecule has 120 valence electrons. The van der Waals surface area contributed by atoms with Gasteiger partial charge >= 0.3 is 0 Å². The Kier molecular flexibility index (Phi) is 2.89. The second-order valence-corrected chi connectivity index (χ2v) is 6.74. The highest BCUT2D eigenvalue weighted by atomic mass is 32.1. The molecule has 5 rings (SSSR count). The van der Waals surface area contributed by atoms with Crippen molar-refractivity contribution in [2.75, 3.05) is 11.4 Å². The Morgan fingerprint density at radius 3 is 3.08 bits per heavy atom. The van der Waals surface area contributed by atoms with Crippen LogP contribution in [0, 0.1) is 0 Å². The average molecular weight is 338 g/mol. The fraction of sp³-hybridized carbons (Fsp3) is 0.267. The van der Waals surface area contributed by atoms with E-state index in [0.717, 1.165) is 47.5 Å². The average Bonchev–Trinajstić information content (AvgIpc) is 3.32. The number of thiazole rings is 1. The molecule has 24 heavy (non-hydrogen) atoms. The Labute approximate surface area is 141 Å². The van der Waals surface area contributed by atoms with Gasteiger partial charge in [-0.2, -0.15) is 10.2 Å². The topological polar surface area (TPSA) is 88.4 Å². The van der Waals surface area contributed by atoms with Gasteiger partial charge in [0.05, 0.1) is 30.1 Å². The Hall–Kier alpha value is -2.81. The molecule has 0 aliphatic carbocycles. The third-order valence-corrected chi connectivity index (χ3v) is 5.16. The number of nitrogens with zero attached hydrogens (tertiary/aromatic N) is 7. The van der Waals surface area contributed by atoms with E-state index in [4.69, 9.17) is 4.98 Å². The van der Waals surface area contributed by atoms with Crippen LogP contribution in [0.3, 0.4) is 0 Å².